The second-order valence-electron chi connectivity index (χ2n) is 5.86. The number of benzene rings is 3. The number of halogens is 1. The van der Waals surface area contributed by atoms with Gasteiger partial charge in [-0.05, 0) is 59.7 Å². The maximum atomic E-state index is 9.39. The molecule has 0 aromatic heterocycles. The minimum atomic E-state index is -0.746. The van der Waals surface area contributed by atoms with E-state index in [1.165, 1.54) is 0 Å². The van der Waals surface area contributed by atoms with Crippen molar-refractivity contribution in [1.82, 2.24) is 0 Å². The summed E-state index contributed by atoms with van der Waals surface area (Å²) in [5, 5.41) is 12.1. The Morgan fingerprint density at radius 2 is 1.70 bits per heavy atom. The minimum Gasteiger partial charge on any atom is -0.457 e. The molecule has 3 rings (SSSR count). The van der Waals surface area contributed by atoms with E-state index < -0.39 is 5.54 Å². The zero-order valence-corrected chi connectivity index (χ0v) is 13.5. The average molecular weight is 328 g/mol. The summed E-state index contributed by atoms with van der Waals surface area (Å²) in [6.07, 6.45) is 0. The lowest BCUT2D eigenvalue weighted by atomic mass is 9.92. The number of hydrogen-bond donors (Lipinski definition) is 2. The van der Waals surface area contributed by atoms with E-state index in [-0.39, 0.29) is 6.61 Å². The maximum Gasteiger partial charge on any atom is 0.128 e. The molecule has 118 valence electrons. The Balaban J connectivity index is 1.92. The van der Waals surface area contributed by atoms with E-state index in [4.69, 9.17) is 22.1 Å². The van der Waals surface area contributed by atoms with E-state index in [1.54, 1.807) is 12.1 Å². The van der Waals surface area contributed by atoms with E-state index in [1.807, 2.05) is 55.5 Å². The fourth-order valence-corrected chi connectivity index (χ4v) is 2.58. The van der Waals surface area contributed by atoms with Crippen LogP contribution in [0.1, 0.15) is 12.5 Å². The Bertz CT molecular complexity index is 846. The summed E-state index contributed by atoms with van der Waals surface area (Å²) >= 11 is 5.97. The van der Waals surface area contributed by atoms with Crippen LogP contribution < -0.4 is 10.5 Å². The van der Waals surface area contributed by atoms with Crippen LogP contribution in [0.3, 0.4) is 0 Å². The Kier molecular flexibility index (Phi) is 4.26. The quantitative estimate of drug-likeness (QED) is 0.744. The standard InChI is InChI=1S/C19H18ClNO2/c1-19(21,12-22)15-7-5-14-10-18(8-6-13(14)9-15)23-17-4-2-3-16(20)11-17/h2-11,22H,12,21H2,1H3. The Morgan fingerprint density at radius 3 is 2.43 bits per heavy atom. The third kappa shape index (κ3) is 3.48. The van der Waals surface area contributed by atoms with Gasteiger partial charge >= 0.3 is 0 Å². The van der Waals surface area contributed by atoms with Crippen molar-refractivity contribution in [2.75, 3.05) is 6.61 Å². The van der Waals surface area contributed by atoms with Gasteiger partial charge in [-0.25, -0.2) is 0 Å². The molecule has 1 atom stereocenters. The van der Waals surface area contributed by atoms with Crippen LogP contribution in [0.5, 0.6) is 11.5 Å². The molecule has 0 fully saturated rings. The SMILES string of the molecule is CC(N)(CO)c1ccc2cc(Oc3cccc(Cl)c3)ccc2c1. The molecule has 1 unspecified atom stereocenters. The summed E-state index contributed by atoms with van der Waals surface area (Å²) < 4.78 is 5.84. The molecule has 0 spiro atoms. The molecule has 3 N–H and O–H groups in total. The smallest absolute Gasteiger partial charge is 0.128 e. The molecule has 0 radical (unpaired) electrons. The second kappa shape index (κ2) is 6.20. The summed E-state index contributed by atoms with van der Waals surface area (Å²) in [5.74, 6) is 1.44. The number of aliphatic hydroxyl groups is 1. The molecule has 0 saturated heterocycles. The van der Waals surface area contributed by atoms with Gasteiger partial charge in [0.15, 0.2) is 0 Å². The molecule has 0 saturated carbocycles. The van der Waals surface area contributed by atoms with E-state index in [0.717, 1.165) is 22.1 Å². The van der Waals surface area contributed by atoms with E-state index >= 15 is 0 Å². The number of hydrogen-bond acceptors (Lipinski definition) is 3. The molecule has 0 bridgehead atoms. The van der Waals surface area contributed by atoms with Crippen molar-refractivity contribution in [2.45, 2.75) is 12.5 Å². The highest BCUT2D eigenvalue weighted by Gasteiger charge is 2.19. The summed E-state index contributed by atoms with van der Waals surface area (Å²) in [4.78, 5) is 0. The van der Waals surface area contributed by atoms with Crippen LogP contribution in [-0.4, -0.2) is 11.7 Å². The molecule has 0 aliphatic carbocycles. The van der Waals surface area contributed by atoms with E-state index in [0.29, 0.717) is 10.8 Å². The van der Waals surface area contributed by atoms with Crippen molar-refractivity contribution in [1.29, 1.82) is 0 Å². The van der Waals surface area contributed by atoms with Crippen LogP contribution in [0.25, 0.3) is 10.8 Å². The van der Waals surface area contributed by atoms with Crippen molar-refractivity contribution in [3.8, 4) is 11.5 Å². The predicted molar refractivity (Wildman–Crippen MR) is 94.1 cm³/mol. The molecule has 4 heteroatoms. The number of ether oxygens (including phenoxy) is 1. The molecular weight excluding hydrogens is 310 g/mol. The first kappa shape index (κ1) is 15.8. The van der Waals surface area contributed by atoms with Gasteiger partial charge < -0.3 is 15.6 Å². The summed E-state index contributed by atoms with van der Waals surface area (Å²) in [6, 6.07) is 19.0. The second-order valence-corrected chi connectivity index (χ2v) is 6.30. The molecule has 3 aromatic rings. The first-order valence-corrected chi connectivity index (χ1v) is 7.73. The molecule has 0 aliphatic rings. The third-order valence-electron chi connectivity index (χ3n) is 3.83. The normalized spacial score (nSPS) is 13.7. The van der Waals surface area contributed by atoms with Crippen LogP contribution in [0, 0.1) is 0 Å². The topological polar surface area (TPSA) is 55.5 Å². The first-order valence-electron chi connectivity index (χ1n) is 7.35. The van der Waals surface area contributed by atoms with Crippen LogP contribution in [0.4, 0.5) is 0 Å². The van der Waals surface area contributed by atoms with Crippen molar-refractivity contribution >= 4 is 22.4 Å². The molecule has 0 heterocycles. The van der Waals surface area contributed by atoms with Crippen molar-refractivity contribution in [3.05, 3.63) is 71.2 Å². The summed E-state index contributed by atoms with van der Waals surface area (Å²) in [7, 11) is 0. The fraction of sp³-hybridized carbons (Fsp3) is 0.158. The summed E-state index contributed by atoms with van der Waals surface area (Å²) in [6.45, 7) is 1.71. The molecule has 23 heavy (non-hydrogen) atoms. The van der Waals surface area contributed by atoms with Gasteiger partial charge in [-0.2, -0.15) is 0 Å². The van der Waals surface area contributed by atoms with Crippen molar-refractivity contribution < 1.29 is 9.84 Å². The Morgan fingerprint density at radius 1 is 1.00 bits per heavy atom. The zero-order valence-electron chi connectivity index (χ0n) is 12.8. The van der Waals surface area contributed by atoms with Crippen LogP contribution in [-0.2, 0) is 5.54 Å². The number of rotatable bonds is 4. The monoisotopic (exact) mass is 327 g/mol. The van der Waals surface area contributed by atoms with Crippen LogP contribution in [0.2, 0.25) is 5.02 Å². The Hall–Kier alpha value is -2.07. The Labute approximate surface area is 140 Å². The van der Waals surface area contributed by atoms with Gasteiger partial charge in [0.2, 0.25) is 0 Å². The lowest BCUT2D eigenvalue weighted by molar-refractivity contribution is 0.210. The van der Waals surface area contributed by atoms with Gasteiger partial charge in [0.25, 0.3) is 0 Å². The van der Waals surface area contributed by atoms with Crippen molar-refractivity contribution in [3.63, 3.8) is 0 Å². The van der Waals surface area contributed by atoms with Gasteiger partial charge in [0.1, 0.15) is 11.5 Å². The largest absolute Gasteiger partial charge is 0.457 e. The first-order chi connectivity index (χ1) is 11.0. The predicted octanol–water partition coefficient (Wildman–Crippen LogP) is 4.45. The number of aliphatic hydroxyl groups excluding tert-OH is 1. The molecule has 0 aliphatic heterocycles. The van der Waals surface area contributed by atoms with E-state index in [9.17, 15) is 5.11 Å². The zero-order chi connectivity index (χ0) is 16.4. The maximum absolute atomic E-state index is 9.39. The molecular formula is C19H18ClNO2. The highest BCUT2D eigenvalue weighted by molar-refractivity contribution is 6.30. The summed E-state index contributed by atoms with van der Waals surface area (Å²) in [5.41, 5.74) is 6.24. The molecule has 3 nitrogen and oxygen atoms in total. The number of nitrogens with two attached hydrogens (primary N) is 1. The van der Waals surface area contributed by atoms with Crippen molar-refractivity contribution in [2.24, 2.45) is 5.73 Å². The number of fused-ring (bicyclic) bond motifs is 1. The van der Waals surface area contributed by atoms with Gasteiger partial charge in [-0.3, -0.25) is 0 Å². The van der Waals surface area contributed by atoms with Crippen LogP contribution >= 0.6 is 11.6 Å². The lowest BCUT2D eigenvalue weighted by Crippen LogP contribution is -2.36. The third-order valence-corrected chi connectivity index (χ3v) is 4.07. The average Bonchev–Trinajstić information content (AvgIpc) is 2.54. The highest BCUT2D eigenvalue weighted by atomic mass is 35.5. The van der Waals surface area contributed by atoms with Gasteiger partial charge in [-0.1, -0.05) is 35.9 Å². The molecule has 0 amide bonds. The van der Waals surface area contributed by atoms with Gasteiger partial charge in [0.05, 0.1) is 12.1 Å². The van der Waals surface area contributed by atoms with Gasteiger partial charge in [0, 0.05) is 5.02 Å². The molecule has 3 aromatic carbocycles. The minimum absolute atomic E-state index is 0.103. The lowest BCUT2D eigenvalue weighted by Gasteiger charge is -2.22. The van der Waals surface area contributed by atoms with E-state index in [2.05, 4.69) is 0 Å². The highest BCUT2D eigenvalue weighted by Crippen LogP contribution is 2.29. The van der Waals surface area contributed by atoms with Crippen LogP contribution in [0.15, 0.2) is 60.7 Å². The fourth-order valence-electron chi connectivity index (χ4n) is 2.40. The van der Waals surface area contributed by atoms with Gasteiger partial charge in [-0.15, -0.1) is 0 Å².